The Bertz CT molecular complexity index is 705. The van der Waals surface area contributed by atoms with Crippen LogP contribution >= 0.6 is 11.3 Å². The molecule has 0 atom stereocenters. The summed E-state index contributed by atoms with van der Waals surface area (Å²) in [6, 6.07) is 11.6. The lowest BCUT2D eigenvalue weighted by Gasteiger charge is -2.05. The summed E-state index contributed by atoms with van der Waals surface area (Å²) in [7, 11) is 0. The number of nitriles is 1. The van der Waals surface area contributed by atoms with Crippen molar-refractivity contribution in [3.05, 3.63) is 57.3 Å². The molecule has 0 radical (unpaired) electrons. The second-order valence-electron chi connectivity index (χ2n) is 4.64. The third-order valence-electron chi connectivity index (χ3n) is 3.16. The van der Waals surface area contributed by atoms with Crippen LogP contribution in [-0.4, -0.2) is 5.91 Å². The van der Waals surface area contributed by atoms with Crippen LogP contribution in [0.3, 0.4) is 0 Å². The number of carbonyl (C=O) groups is 1. The second kappa shape index (κ2) is 6.87. The molecular formula is C17H16N2OS. The minimum atomic E-state index is -0.380. The van der Waals surface area contributed by atoms with E-state index in [-0.39, 0.29) is 11.5 Å². The Morgan fingerprint density at radius 3 is 2.57 bits per heavy atom. The Balaban J connectivity index is 2.15. The lowest BCUT2D eigenvalue weighted by molar-refractivity contribution is -0.112. The molecule has 1 aromatic carbocycles. The summed E-state index contributed by atoms with van der Waals surface area (Å²) in [5, 5.41) is 13.9. The average Bonchev–Trinajstić information content (AvgIpc) is 2.90. The molecule has 0 aliphatic carbocycles. The number of benzene rings is 1. The van der Waals surface area contributed by atoms with Gasteiger partial charge in [-0.3, -0.25) is 4.79 Å². The maximum atomic E-state index is 12.1. The van der Waals surface area contributed by atoms with E-state index in [1.807, 2.05) is 48.7 Å². The summed E-state index contributed by atoms with van der Waals surface area (Å²) >= 11 is 1.51. The number of thiophene rings is 1. The normalized spacial score (nSPS) is 11.0. The molecule has 0 aliphatic rings. The van der Waals surface area contributed by atoms with Gasteiger partial charge in [0.15, 0.2) is 0 Å². The van der Waals surface area contributed by atoms with Gasteiger partial charge in [-0.1, -0.05) is 19.1 Å². The van der Waals surface area contributed by atoms with Crippen LogP contribution in [0.2, 0.25) is 0 Å². The molecule has 0 spiro atoms. The number of amides is 1. The number of nitrogens with one attached hydrogen (secondary N) is 1. The molecule has 1 aromatic heterocycles. The minimum absolute atomic E-state index is 0.111. The zero-order chi connectivity index (χ0) is 15.2. The molecule has 2 aromatic rings. The van der Waals surface area contributed by atoms with E-state index >= 15 is 0 Å². The number of rotatable bonds is 4. The lowest BCUT2D eigenvalue weighted by Crippen LogP contribution is -2.13. The molecule has 21 heavy (non-hydrogen) atoms. The van der Waals surface area contributed by atoms with E-state index < -0.39 is 0 Å². The lowest BCUT2D eigenvalue weighted by atomic mass is 10.1. The van der Waals surface area contributed by atoms with E-state index in [0.717, 1.165) is 16.9 Å². The Kier molecular flexibility index (Phi) is 4.91. The number of anilines is 1. The zero-order valence-corrected chi connectivity index (χ0v) is 12.8. The largest absolute Gasteiger partial charge is 0.321 e. The number of carbonyl (C=O) groups excluding carboxylic acids is 1. The summed E-state index contributed by atoms with van der Waals surface area (Å²) < 4.78 is 0. The maximum Gasteiger partial charge on any atom is 0.266 e. The molecular weight excluding hydrogens is 280 g/mol. The monoisotopic (exact) mass is 296 g/mol. The van der Waals surface area contributed by atoms with Crippen LogP contribution in [0, 0.1) is 18.3 Å². The molecule has 1 heterocycles. The third-order valence-corrected chi connectivity index (χ3v) is 4.13. The SMILES string of the molecule is CCc1ccc(NC(=O)/C(C#N)=C/c2sccc2C)cc1. The Morgan fingerprint density at radius 1 is 1.33 bits per heavy atom. The summed E-state index contributed by atoms with van der Waals surface area (Å²) in [4.78, 5) is 13.1. The molecule has 0 saturated heterocycles. The van der Waals surface area contributed by atoms with Crippen molar-refractivity contribution in [1.82, 2.24) is 0 Å². The van der Waals surface area contributed by atoms with Gasteiger partial charge in [-0.15, -0.1) is 11.3 Å². The van der Waals surface area contributed by atoms with Crippen LogP contribution in [0.5, 0.6) is 0 Å². The zero-order valence-electron chi connectivity index (χ0n) is 12.0. The van der Waals surface area contributed by atoms with E-state index in [2.05, 4.69) is 12.2 Å². The summed E-state index contributed by atoms with van der Waals surface area (Å²) in [5.41, 5.74) is 3.08. The fraction of sp³-hybridized carbons (Fsp3) is 0.176. The highest BCUT2D eigenvalue weighted by Gasteiger charge is 2.10. The Labute approximate surface area is 128 Å². The van der Waals surface area contributed by atoms with Gasteiger partial charge >= 0.3 is 0 Å². The van der Waals surface area contributed by atoms with Crippen molar-refractivity contribution in [1.29, 1.82) is 5.26 Å². The smallest absolute Gasteiger partial charge is 0.266 e. The quantitative estimate of drug-likeness (QED) is 0.680. The molecule has 4 heteroatoms. The first-order chi connectivity index (χ1) is 10.1. The highest BCUT2D eigenvalue weighted by atomic mass is 32.1. The highest BCUT2D eigenvalue weighted by Crippen LogP contribution is 2.20. The number of hydrogen-bond acceptors (Lipinski definition) is 3. The van der Waals surface area contributed by atoms with E-state index in [4.69, 9.17) is 0 Å². The van der Waals surface area contributed by atoms with Gasteiger partial charge in [0, 0.05) is 10.6 Å². The second-order valence-corrected chi connectivity index (χ2v) is 5.59. The Hall–Kier alpha value is -2.38. The van der Waals surface area contributed by atoms with E-state index in [1.54, 1.807) is 6.08 Å². The molecule has 0 unspecified atom stereocenters. The Morgan fingerprint density at radius 2 is 2.05 bits per heavy atom. The molecule has 3 nitrogen and oxygen atoms in total. The molecule has 1 amide bonds. The van der Waals surface area contributed by atoms with Gasteiger partial charge in [0.2, 0.25) is 0 Å². The topological polar surface area (TPSA) is 52.9 Å². The predicted octanol–water partition coefficient (Wildman–Crippen LogP) is 4.16. The van der Waals surface area contributed by atoms with Crippen LogP contribution in [0.4, 0.5) is 5.69 Å². The van der Waals surface area contributed by atoms with Crippen LogP contribution in [0.25, 0.3) is 6.08 Å². The first-order valence-corrected chi connectivity index (χ1v) is 7.58. The molecule has 0 saturated carbocycles. The van der Waals surface area contributed by atoms with Crippen LogP contribution in [0.1, 0.15) is 22.9 Å². The van der Waals surface area contributed by atoms with E-state index in [0.29, 0.717) is 5.69 Å². The molecule has 0 aliphatic heterocycles. The van der Waals surface area contributed by atoms with Gasteiger partial charge in [0.05, 0.1) is 0 Å². The standard InChI is InChI=1S/C17H16N2OS/c1-3-13-4-6-15(7-5-13)19-17(20)14(11-18)10-16-12(2)8-9-21-16/h4-10H,3H2,1-2H3,(H,19,20)/b14-10+. The van der Waals surface area contributed by atoms with Crippen molar-refractivity contribution in [3.8, 4) is 6.07 Å². The summed E-state index contributed by atoms with van der Waals surface area (Å²) in [5.74, 6) is -0.380. The molecule has 1 N–H and O–H groups in total. The molecule has 106 valence electrons. The van der Waals surface area contributed by atoms with Crippen molar-refractivity contribution in [2.45, 2.75) is 20.3 Å². The van der Waals surface area contributed by atoms with Gasteiger partial charge in [-0.05, 0) is 54.1 Å². The van der Waals surface area contributed by atoms with Crippen molar-refractivity contribution in [2.75, 3.05) is 5.32 Å². The number of aryl methyl sites for hydroxylation is 2. The first kappa shape index (κ1) is 15.0. The van der Waals surface area contributed by atoms with Gasteiger partial charge in [-0.2, -0.15) is 5.26 Å². The summed E-state index contributed by atoms with van der Waals surface area (Å²) in [6.45, 7) is 4.03. The fourth-order valence-electron chi connectivity index (χ4n) is 1.83. The van der Waals surface area contributed by atoms with Gasteiger partial charge in [0.25, 0.3) is 5.91 Å². The van der Waals surface area contributed by atoms with Crippen LogP contribution in [-0.2, 0) is 11.2 Å². The van der Waals surface area contributed by atoms with Crippen LogP contribution in [0.15, 0.2) is 41.3 Å². The average molecular weight is 296 g/mol. The van der Waals surface area contributed by atoms with Crippen molar-refractivity contribution >= 4 is 29.0 Å². The third kappa shape index (κ3) is 3.80. The minimum Gasteiger partial charge on any atom is -0.321 e. The molecule has 0 bridgehead atoms. The molecule has 0 fully saturated rings. The van der Waals surface area contributed by atoms with Gasteiger partial charge < -0.3 is 5.32 Å². The van der Waals surface area contributed by atoms with E-state index in [1.165, 1.54) is 16.9 Å². The van der Waals surface area contributed by atoms with Crippen molar-refractivity contribution < 1.29 is 4.79 Å². The highest BCUT2D eigenvalue weighted by molar-refractivity contribution is 7.11. The first-order valence-electron chi connectivity index (χ1n) is 6.70. The van der Waals surface area contributed by atoms with Crippen molar-refractivity contribution in [3.63, 3.8) is 0 Å². The molecule has 2 rings (SSSR count). The van der Waals surface area contributed by atoms with Crippen molar-refractivity contribution in [2.24, 2.45) is 0 Å². The van der Waals surface area contributed by atoms with E-state index in [9.17, 15) is 10.1 Å². The summed E-state index contributed by atoms with van der Waals surface area (Å²) in [6.07, 6.45) is 2.59. The fourth-order valence-corrected chi connectivity index (χ4v) is 2.69. The predicted molar refractivity (Wildman–Crippen MR) is 87.1 cm³/mol. The van der Waals surface area contributed by atoms with Crippen LogP contribution < -0.4 is 5.32 Å². The number of nitrogens with zero attached hydrogens (tertiary/aromatic N) is 1. The van der Waals surface area contributed by atoms with Gasteiger partial charge in [-0.25, -0.2) is 0 Å². The number of hydrogen-bond donors (Lipinski definition) is 1. The van der Waals surface area contributed by atoms with Gasteiger partial charge in [0.1, 0.15) is 11.6 Å². The maximum absolute atomic E-state index is 12.1.